The van der Waals surface area contributed by atoms with Crippen molar-refractivity contribution >= 4 is 44.8 Å². The number of sulfonamides is 1. The normalized spacial score (nSPS) is 12.7. The van der Waals surface area contributed by atoms with Crippen molar-refractivity contribution < 1.29 is 13.2 Å². The molecule has 2 aromatic carbocycles. The molecule has 0 heterocycles. The number of aryl methyl sites for hydroxylation is 2. The van der Waals surface area contributed by atoms with Gasteiger partial charge in [-0.25, -0.2) is 8.42 Å². The average Bonchev–Trinajstić information content (AvgIpc) is 2.58. The summed E-state index contributed by atoms with van der Waals surface area (Å²) in [6, 6.07) is 8.84. The molecule has 0 aliphatic carbocycles. The van der Waals surface area contributed by atoms with Gasteiger partial charge in [-0.3, -0.25) is 4.79 Å². The highest BCUT2D eigenvalue weighted by atomic mass is 35.5. The van der Waals surface area contributed by atoms with Crippen molar-refractivity contribution in [3.8, 4) is 0 Å². The fourth-order valence-electron chi connectivity index (χ4n) is 2.47. The number of halogens is 2. The molecule has 2 rings (SSSR count). The highest BCUT2D eigenvalue weighted by Gasteiger charge is 2.25. The lowest BCUT2D eigenvalue weighted by molar-refractivity contribution is -0.117. The summed E-state index contributed by atoms with van der Waals surface area (Å²) >= 11 is 11.8. The van der Waals surface area contributed by atoms with E-state index in [1.165, 1.54) is 25.1 Å². The van der Waals surface area contributed by atoms with Gasteiger partial charge in [-0.1, -0.05) is 48.3 Å². The van der Waals surface area contributed by atoms with Crippen LogP contribution in [0.25, 0.3) is 0 Å². The van der Waals surface area contributed by atoms with Crippen LogP contribution in [0.4, 0.5) is 5.69 Å². The molecule has 0 fully saturated rings. The van der Waals surface area contributed by atoms with E-state index in [4.69, 9.17) is 23.2 Å². The number of hydrogen-bond acceptors (Lipinski definition) is 3. The zero-order valence-electron chi connectivity index (χ0n) is 14.6. The molecule has 0 spiro atoms. The van der Waals surface area contributed by atoms with Gasteiger partial charge < -0.3 is 5.32 Å². The summed E-state index contributed by atoms with van der Waals surface area (Å²) in [5, 5.41) is 3.07. The van der Waals surface area contributed by atoms with Gasteiger partial charge in [0, 0.05) is 10.7 Å². The number of nitrogens with one attached hydrogen (secondary N) is 2. The summed E-state index contributed by atoms with van der Waals surface area (Å²) in [5.41, 5.74) is 2.59. The van der Waals surface area contributed by atoms with Gasteiger partial charge in [-0.05, 0) is 49.6 Å². The summed E-state index contributed by atoms with van der Waals surface area (Å²) < 4.78 is 27.4. The van der Waals surface area contributed by atoms with E-state index in [1.807, 2.05) is 32.0 Å². The lowest BCUT2D eigenvalue weighted by atomic mass is 10.1. The highest BCUT2D eigenvalue weighted by Crippen LogP contribution is 2.25. The second-order valence-electron chi connectivity index (χ2n) is 5.87. The average molecular weight is 415 g/mol. The van der Waals surface area contributed by atoms with Crippen LogP contribution >= 0.6 is 23.2 Å². The number of benzene rings is 2. The monoisotopic (exact) mass is 414 g/mol. The van der Waals surface area contributed by atoms with Crippen LogP contribution in [0.15, 0.2) is 41.3 Å². The molecule has 0 unspecified atom stereocenters. The van der Waals surface area contributed by atoms with Crippen LogP contribution in [0, 0.1) is 6.92 Å². The first-order chi connectivity index (χ1) is 12.2. The van der Waals surface area contributed by atoms with Crippen LogP contribution in [0.2, 0.25) is 10.0 Å². The molecular weight excluding hydrogens is 395 g/mol. The van der Waals surface area contributed by atoms with Crippen molar-refractivity contribution in [2.45, 2.75) is 38.1 Å². The Kier molecular flexibility index (Phi) is 6.69. The molecule has 0 aromatic heterocycles. The largest absolute Gasteiger partial charge is 0.324 e. The smallest absolute Gasteiger partial charge is 0.242 e. The third kappa shape index (κ3) is 4.76. The Morgan fingerprint density at radius 3 is 2.54 bits per heavy atom. The van der Waals surface area contributed by atoms with Crippen LogP contribution < -0.4 is 10.0 Å². The zero-order valence-corrected chi connectivity index (χ0v) is 17.0. The summed E-state index contributed by atoms with van der Waals surface area (Å²) in [6.45, 7) is 5.34. The minimum Gasteiger partial charge on any atom is -0.324 e. The van der Waals surface area contributed by atoms with E-state index in [1.54, 1.807) is 0 Å². The third-order valence-electron chi connectivity index (χ3n) is 3.90. The number of rotatable bonds is 6. The van der Waals surface area contributed by atoms with Gasteiger partial charge in [0.2, 0.25) is 15.9 Å². The quantitative estimate of drug-likeness (QED) is 0.744. The fraction of sp³-hybridized carbons (Fsp3) is 0.278. The third-order valence-corrected chi connectivity index (χ3v) is 6.15. The Hall–Kier alpha value is -1.60. The predicted molar refractivity (Wildman–Crippen MR) is 105 cm³/mol. The molecular formula is C18H20Cl2N2O3S. The van der Waals surface area contributed by atoms with Gasteiger partial charge in [-0.15, -0.1) is 0 Å². The molecule has 0 saturated carbocycles. The standard InChI is InChI=1S/C18H20Cl2N2O3S/c1-4-13-7-5-6-11(2)17(13)21-18(23)12(3)22-26(24,25)16-10-14(19)8-9-15(16)20/h5-10,12,22H,4H2,1-3H3,(H,21,23)/t12-/m0/s1. The second-order valence-corrected chi connectivity index (χ2v) is 8.40. The number of hydrogen-bond donors (Lipinski definition) is 2. The van der Waals surface area contributed by atoms with E-state index in [-0.39, 0.29) is 14.9 Å². The maximum atomic E-state index is 12.5. The Morgan fingerprint density at radius 1 is 1.19 bits per heavy atom. The number of carbonyl (C=O) groups excluding carboxylic acids is 1. The van der Waals surface area contributed by atoms with Crippen molar-refractivity contribution in [2.75, 3.05) is 5.32 Å². The van der Waals surface area contributed by atoms with Crippen LogP contribution in [-0.4, -0.2) is 20.4 Å². The molecule has 2 aromatic rings. The van der Waals surface area contributed by atoms with Crippen molar-refractivity contribution in [3.05, 3.63) is 57.6 Å². The molecule has 2 N–H and O–H groups in total. The molecule has 140 valence electrons. The number of carbonyl (C=O) groups is 1. The molecule has 0 aliphatic heterocycles. The Bertz CT molecular complexity index is 930. The van der Waals surface area contributed by atoms with Crippen molar-refractivity contribution in [2.24, 2.45) is 0 Å². The summed E-state index contributed by atoms with van der Waals surface area (Å²) in [6.07, 6.45) is 0.746. The van der Waals surface area contributed by atoms with E-state index in [9.17, 15) is 13.2 Å². The van der Waals surface area contributed by atoms with Gasteiger partial charge in [0.25, 0.3) is 0 Å². The van der Waals surface area contributed by atoms with Crippen molar-refractivity contribution in [3.63, 3.8) is 0 Å². The van der Waals surface area contributed by atoms with Crippen molar-refractivity contribution in [1.82, 2.24) is 4.72 Å². The Balaban J connectivity index is 2.20. The van der Waals surface area contributed by atoms with E-state index < -0.39 is 22.0 Å². The Labute approximate surface area is 163 Å². The maximum absolute atomic E-state index is 12.5. The fourth-order valence-corrected chi connectivity index (χ4v) is 4.43. The van der Waals surface area contributed by atoms with Gasteiger partial charge in [0.15, 0.2) is 0 Å². The first-order valence-electron chi connectivity index (χ1n) is 8.02. The summed E-state index contributed by atoms with van der Waals surface area (Å²) in [4.78, 5) is 12.3. The summed E-state index contributed by atoms with van der Waals surface area (Å²) in [7, 11) is -4.00. The molecule has 1 atom stereocenters. The molecule has 0 saturated heterocycles. The SMILES string of the molecule is CCc1cccc(C)c1NC(=O)[C@H](C)NS(=O)(=O)c1cc(Cl)ccc1Cl. The van der Waals surface area contributed by atoms with E-state index in [0.717, 1.165) is 17.5 Å². The predicted octanol–water partition coefficient (Wildman–Crippen LogP) is 4.17. The molecule has 26 heavy (non-hydrogen) atoms. The lowest BCUT2D eigenvalue weighted by Gasteiger charge is -2.18. The number of para-hydroxylation sites is 1. The molecule has 0 bridgehead atoms. The van der Waals surface area contributed by atoms with Crippen LogP contribution in [-0.2, 0) is 21.2 Å². The molecule has 0 radical (unpaired) electrons. The van der Waals surface area contributed by atoms with Crippen LogP contribution in [0.3, 0.4) is 0 Å². The van der Waals surface area contributed by atoms with Crippen LogP contribution in [0.1, 0.15) is 25.0 Å². The first kappa shape index (κ1) is 20.7. The molecule has 1 amide bonds. The van der Waals surface area contributed by atoms with Gasteiger partial charge in [0.1, 0.15) is 4.90 Å². The van der Waals surface area contributed by atoms with Gasteiger partial charge >= 0.3 is 0 Å². The summed E-state index contributed by atoms with van der Waals surface area (Å²) in [5.74, 6) is -0.462. The van der Waals surface area contributed by atoms with E-state index in [2.05, 4.69) is 10.0 Å². The zero-order chi connectivity index (χ0) is 19.5. The minimum atomic E-state index is -4.00. The first-order valence-corrected chi connectivity index (χ1v) is 10.3. The minimum absolute atomic E-state index is 0.0293. The lowest BCUT2D eigenvalue weighted by Crippen LogP contribution is -2.41. The van der Waals surface area contributed by atoms with Crippen molar-refractivity contribution in [1.29, 1.82) is 0 Å². The molecule has 0 aliphatic rings. The van der Waals surface area contributed by atoms with E-state index >= 15 is 0 Å². The van der Waals surface area contributed by atoms with E-state index in [0.29, 0.717) is 5.69 Å². The topological polar surface area (TPSA) is 75.3 Å². The molecule has 8 heteroatoms. The van der Waals surface area contributed by atoms with Gasteiger partial charge in [-0.2, -0.15) is 4.72 Å². The Morgan fingerprint density at radius 2 is 1.88 bits per heavy atom. The van der Waals surface area contributed by atoms with Crippen LogP contribution in [0.5, 0.6) is 0 Å². The molecule has 5 nitrogen and oxygen atoms in total. The second kappa shape index (κ2) is 8.39. The number of amides is 1. The van der Waals surface area contributed by atoms with Gasteiger partial charge in [0.05, 0.1) is 11.1 Å². The highest BCUT2D eigenvalue weighted by molar-refractivity contribution is 7.89. The maximum Gasteiger partial charge on any atom is 0.242 e. The number of anilines is 1.